The topological polar surface area (TPSA) is 71.8 Å². The van der Waals surface area contributed by atoms with Crippen molar-refractivity contribution in [2.24, 2.45) is 0 Å². The molecule has 0 amide bonds. The number of nitrogens with zero attached hydrogens (tertiary/aromatic N) is 1. The molecule has 1 aliphatic heterocycles. The summed E-state index contributed by atoms with van der Waals surface area (Å²) >= 11 is 5.81. The van der Waals surface area contributed by atoms with Crippen LogP contribution in [0.4, 0.5) is 0 Å². The molecule has 1 N–H and O–H groups in total. The van der Waals surface area contributed by atoms with Crippen molar-refractivity contribution in [1.82, 2.24) is 9.62 Å². The number of nitrogens with one attached hydrogen (secondary N) is 1. The van der Waals surface area contributed by atoms with Crippen LogP contribution in [0.1, 0.15) is 11.8 Å². The van der Waals surface area contributed by atoms with Gasteiger partial charge in [0.25, 0.3) is 0 Å². The van der Waals surface area contributed by atoms with Gasteiger partial charge in [0.05, 0.1) is 30.4 Å². The van der Waals surface area contributed by atoms with E-state index in [4.69, 9.17) is 20.8 Å². The van der Waals surface area contributed by atoms with Gasteiger partial charge in [-0.15, -0.1) is 0 Å². The Labute approximate surface area is 146 Å². The maximum atomic E-state index is 12.5. The molecule has 3 rings (SSSR count). The molecule has 1 aromatic carbocycles. The summed E-state index contributed by atoms with van der Waals surface area (Å²) in [4.78, 5) is 2.35. The molecule has 8 heteroatoms. The third-order valence-electron chi connectivity index (χ3n) is 3.95. The highest BCUT2D eigenvalue weighted by Crippen LogP contribution is 2.22. The predicted octanol–water partition coefficient (Wildman–Crippen LogP) is 2.28. The van der Waals surface area contributed by atoms with Gasteiger partial charge in [-0.1, -0.05) is 11.6 Å². The zero-order valence-corrected chi connectivity index (χ0v) is 14.6. The molecule has 1 fully saturated rings. The lowest BCUT2D eigenvalue weighted by Crippen LogP contribution is -2.43. The Bertz CT molecular complexity index is 741. The summed E-state index contributed by atoms with van der Waals surface area (Å²) in [6, 6.07) is 9.57. The summed E-state index contributed by atoms with van der Waals surface area (Å²) in [5.74, 6) is 0.732. The Morgan fingerprint density at radius 1 is 1.17 bits per heavy atom. The first-order valence-corrected chi connectivity index (χ1v) is 9.53. The molecule has 1 atom stereocenters. The molecule has 0 radical (unpaired) electrons. The smallest absolute Gasteiger partial charge is 0.240 e. The third kappa shape index (κ3) is 4.17. The highest BCUT2D eigenvalue weighted by molar-refractivity contribution is 7.89. The molecule has 0 spiro atoms. The Hall–Kier alpha value is -1.38. The van der Waals surface area contributed by atoms with E-state index in [0.717, 1.165) is 18.8 Å². The highest BCUT2D eigenvalue weighted by atomic mass is 35.5. The SMILES string of the molecule is O=S(=O)(NC[C@H](c1ccco1)N1CCOCC1)c1ccc(Cl)cc1. The minimum atomic E-state index is -3.61. The zero-order valence-electron chi connectivity index (χ0n) is 13.0. The van der Waals surface area contributed by atoms with Gasteiger partial charge in [0.1, 0.15) is 5.76 Å². The number of benzene rings is 1. The van der Waals surface area contributed by atoms with Gasteiger partial charge in [-0.25, -0.2) is 13.1 Å². The van der Waals surface area contributed by atoms with Gasteiger partial charge in [0, 0.05) is 24.7 Å². The average Bonchev–Trinajstić information content (AvgIpc) is 3.11. The van der Waals surface area contributed by atoms with Crippen molar-refractivity contribution in [3.63, 3.8) is 0 Å². The van der Waals surface area contributed by atoms with E-state index < -0.39 is 10.0 Å². The second-order valence-corrected chi connectivity index (χ2v) is 7.69. The fourth-order valence-electron chi connectivity index (χ4n) is 2.67. The van der Waals surface area contributed by atoms with E-state index in [1.54, 1.807) is 24.5 Å². The third-order valence-corrected chi connectivity index (χ3v) is 5.64. The number of sulfonamides is 1. The molecule has 1 saturated heterocycles. The van der Waals surface area contributed by atoms with Gasteiger partial charge >= 0.3 is 0 Å². The van der Waals surface area contributed by atoms with Crippen LogP contribution in [0.2, 0.25) is 5.02 Å². The summed E-state index contributed by atoms with van der Waals surface area (Å²) < 4.78 is 38.5. The lowest BCUT2D eigenvalue weighted by molar-refractivity contribution is 0.0128. The van der Waals surface area contributed by atoms with E-state index in [1.165, 1.54) is 12.1 Å². The Morgan fingerprint density at radius 3 is 2.50 bits per heavy atom. The van der Waals surface area contributed by atoms with Crippen LogP contribution < -0.4 is 4.72 Å². The quantitative estimate of drug-likeness (QED) is 0.844. The molecular formula is C16H19ClN2O4S. The zero-order chi connectivity index (χ0) is 17.0. The van der Waals surface area contributed by atoms with E-state index in [-0.39, 0.29) is 17.5 Å². The first-order valence-electron chi connectivity index (χ1n) is 7.67. The molecule has 1 aromatic heterocycles. The van der Waals surface area contributed by atoms with E-state index in [0.29, 0.717) is 18.2 Å². The Balaban J connectivity index is 1.74. The van der Waals surface area contributed by atoms with Gasteiger partial charge < -0.3 is 9.15 Å². The van der Waals surface area contributed by atoms with Crippen LogP contribution in [0.3, 0.4) is 0 Å². The molecule has 2 heterocycles. The van der Waals surface area contributed by atoms with Gasteiger partial charge in [-0.3, -0.25) is 4.90 Å². The summed E-state index contributed by atoms with van der Waals surface area (Å²) in [5.41, 5.74) is 0. The lowest BCUT2D eigenvalue weighted by atomic mass is 10.2. The van der Waals surface area contributed by atoms with Gasteiger partial charge in [0.2, 0.25) is 10.0 Å². The molecule has 1 aliphatic rings. The van der Waals surface area contributed by atoms with Crippen LogP contribution in [0.5, 0.6) is 0 Å². The summed E-state index contributed by atoms with van der Waals surface area (Å²) in [7, 11) is -3.61. The number of halogens is 1. The monoisotopic (exact) mass is 370 g/mol. The van der Waals surface area contributed by atoms with E-state index in [9.17, 15) is 8.42 Å². The largest absolute Gasteiger partial charge is 0.468 e. The van der Waals surface area contributed by atoms with Crippen LogP contribution >= 0.6 is 11.6 Å². The fourth-order valence-corrected chi connectivity index (χ4v) is 3.83. The molecule has 0 aliphatic carbocycles. The standard InChI is InChI=1S/C16H19ClN2O4S/c17-13-3-5-14(6-4-13)24(20,21)18-12-15(16-2-1-9-23-16)19-7-10-22-11-8-19/h1-6,9,15,18H,7-8,10-12H2/t15-/m1/s1. The van der Waals surface area contributed by atoms with Crippen molar-refractivity contribution in [3.8, 4) is 0 Å². The Kier molecular flexibility index (Phi) is 5.57. The minimum absolute atomic E-state index is 0.175. The van der Waals surface area contributed by atoms with E-state index in [1.807, 2.05) is 6.07 Å². The number of furan rings is 1. The van der Waals surface area contributed by atoms with Crippen LogP contribution in [-0.4, -0.2) is 46.2 Å². The van der Waals surface area contributed by atoms with E-state index in [2.05, 4.69) is 9.62 Å². The fraction of sp³-hybridized carbons (Fsp3) is 0.375. The van der Waals surface area contributed by atoms with E-state index >= 15 is 0 Å². The maximum Gasteiger partial charge on any atom is 0.240 e. The first kappa shape index (κ1) is 17.4. The van der Waals surface area contributed by atoms with Crippen molar-refractivity contribution in [3.05, 3.63) is 53.4 Å². The molecule has 0 saturated carbocycles. The highest BCUT2D eigenvalue weighted by Gasteiger charge is 2.26. The molecule has 130 valence electrons. The lowest BCUT2D eigenvalue weighted by Gasteiger charge is -2.33. The second kappa shape index (κ2) is 7.67. The van der Waals surface area contributed by atoms with Gasteiger partial charge in [0.15, 0.2) is 0 Å². The van der Waals surface area contributed by atoms with Crippen LogP contribution in [0.15, 0.2) is 52.0 Å². The molecule has 6 nitrogen and oxygen atoms in total. The van der Waals surface area contributed by atoms with Crippen molar-refractivity contribution < 1.29 is 17.6 Å². The summed E-state index contributed by atoms with van der Waals surface area (Å²) in [5, 5.41) is 0.496. The summed E-state index contributed by atoms with van der Waals surface area (Å²) in [6.45, 7) is 2.93. The average molecular weight is 371 g/mol. The summed E-state index contributed by atoms with van der Waals surface area (Å²) in [6.07, 6.45) is 1.59. The number of hydrogen-bond donors (Lipinski definition) is 1. The normalized spacial score (nSPS) is 17.7. The van der Waals surface area contributed by atoms with Crippen molar-refractivity contribution >= 4 is 21.6 Å². The van der Waals surface area contributed by atoms with Crippen LogP contribution in [0.25, 0.3) is 0 Å². The number of rotatable bonds is 6. The van der Waals surface area contributed by atoms with Crippen molar-refractivity contribution in [2.45, 2.75) is 10.9 Å². The molecular weight excluding hydrogens is 352 g/mol. The maximum absolute atomic E-state index is 12.5. The van der Waals surface area contributed by atoms with Crippen molar-refractivity contribution in [2.75, 3.05) is 32.8 Å². The predicted molar refractivity (Wildman–Crippen MR) is 90.5 cm³/mol. The molecule has 24 heavy (non-hydrogen) atoms. The number of ether oxygens (including phenoxy) is 1. The Morgan fingerprint density at radius 2 is 1.88 bits per heavy atom. The van der Waals surface area contributed by atoms with Crippen LogP contribution in [0, 0.1) is 0 Å². The minimum Gasteiger partial charge on any atom is -0.468 e. The first-order chi connectivity index (χ1) is 11.6. The number of morpholine rings is 1. The van der Waals surface area contributed by atoms with Gasteiger partial charge in [-0.2, -0.15) is 0 Å². The van der Waals surface area contributed by atoms with Gasteiger partial charge in [-0.05, 0) is 36.4 Å². The second-order valence-electron chi connectivity index (χ2n) is 5.49. The van der Waals surface area contributed by atoms with Crippen LogP contribution in [-0.2, 0) is 14.8 Å². The molecule has 2 aromatic rings. The molecule has 0 bridgehead atoms. The number of hydrogen-bond acceptors (Lipinski definition) is 5. The van der Waals surface area contributed by atoms with Crippen molar-refractivity contribution in [1.29, 1.82) is 0 Å². The molecule has 0 unspecified atom stereocenters.